The maximum Gasteiger partial charge on any atom is 0.261 e. The van der Waals surface area contributed by atoms with Crippen molar-refractivity contribution >= 4 is 64.8 Å². The Bertz CT molecular complexity index is 790. The highest BCUT2D eigenvalue weighted by molar-refractivity contribution is 9.10. The van der Waals surface area contributed by atoms with Crippen LogP contribution in [0.3, 0.4) is 0 Å². The molecule has 0 fully saturated rings. The SMILES string of the molecule is NC(=S)c1ccc(NS(=O)(=O)c2ccc(Br)cc2)c(Br)c1. The van der Waals surface area contributed by atoms with Crippen molar-refractivity contribution in [2.45, 2.75) is 4.90 Å². The lowest BCUT2D eigenvalue weighted by Gasteiger charge is -2.11. The molecule has 4 nitrogen and oxygen atoms in total. The van der Waals surface area contributed by atoms with Gasteiger partial charge in [0.1, 0.15) is 4.99 Å². The van der Waals surface area contributed by atoms with Gasteiger partial charge in [-0.15, -0.1) is 0 Å². The van der Waals surface area contributed by atoms with Crippen molar-refractivity contribution in [3.05, 3.63) is 57.0 Å². The molecule has 21 heavy (non-hydrogen) atoms. The highest BCUT2D eigenvalue weighted by Crippen LogP contribution is 2.26. The number of nitrogens with one attached hydrogen (secondary N) is 1. The van der Waals surface area contributed by atoms with Crippen molar-refractivity contribution in [1.82, 2.24) is 0 Å². The van der Waals surface area contributed by atoms with Crippen molar-refractivity contribution in [2.24, 2.45) is 5.73 Å². The summed E-state index contributed by atoms with van der Waals surface area (Å²) in [4.78, 5) is 0.425. The van der Waals surface area contributed by atoms with E-state index in [4.69, 9.17) is 18.0 Å². The summed E-state index contributed by atoms with van der Waals surface area (Å²) in [6, 6.07) is 11.3. The van der Waals surface area contributed by atoms with Gasteiger partial charge in [-0.2, -0.15) is 0 Å². The van der Waals surface area contributed by atoms with Crippen molar-refractivity contribution < 1.29 is 8.42 Å². The first-order chi connectivity index (χ1) is 9.79. The Morgan fingerprint density at radius 2 is 1.71 bits per heavy atom. The van der Waals surface area contributed by atoms with Crippen LogP contribution in [0.5, 0.6) is 0 Å². The maximum absolute atomic E-state index is 12.3. The average molecular weight is 450 g/mol. The molecule has 2 rings (SSSR count). The quantitative estimate of drug-likeness (QED) is 0.698. The van der Waals surface area contributed by atoms with Crippen LogP contribution >= 0.6 is 44.1 Å². The van der Waals surface area contributed by atoms with Gasteiger partial charge < -0.3 is 5.73 Å². The van der Waals surface area contributed by atoms with E-state index < -0.39 is 10.0 Å². The van der Waals surface area contributed by atoms with E-state index >= 15 is 0 Å². The Morgan fingerprint density at radius 1 is 1.10 bits per heavy atom. The minimum atomic E-state index is -3.65. The summed E-state index contributed by atoms with van der Waals surface area (Å²) in [6.45, 7) is 0. The van der Waals surface area contributed by atoms with Gasteiger partial charge in [-0.3, -0.25) is 4.72 Å². The lowest BCUT2D eigenvalue weighted by molar-refractivity contribution is 0.601. The Morgan fingerprint density at radius 3 is 2.24 bits per heavy atom. The fourth-order valence-corrected chi connectivity index (χ4v) is 3.65. The number of thiocarbonyl (C=S) groups is 1. The number of benzene rings is 2. The minimum absolute atomic E-state index is 0.177. The summed E-state index contributed by atoms with van der Waals surface area (Å²) < 4.78 is 28.5. The maximum atomic E-state index is 12.3. The predicted octanol–water partition coefficient (Wildman–Crippen LogP) is 3.65. The summed E-state index contributed by atoms with van der Waals surface area (Å²) in [5.41, 5.74) is 6.60. The molecule has 2 aromatic rings. The number of anilines is 1. The number of rotatable bonds is 4. The smallest absolute Gasteiger partial charge is 0.261 e. The molecular formula is C13H10Br2N2O2S2. The molecule has 2 aromatic carbocycles. The molecule has 8 heteroatoms. The van der Waals surface area contributed by atoms with Gasteiger partial charge in [0.25, 0.3) is 10.0 Å². The summed E-state index contributed by atoms with van der Waals surface area (Å²) in [5.74, 6) is 0. The molecule has 110 valence electrons. The van der Waals surface area contributed by atoms with Crippen LogP contribution in [0.15, 0.2) is 56.3 Å². The second-order valence-electron chi connectivity index (χ2n) is 4.12. The zero-order valence-electron chi connectivity index (χ0n) is 10.5. The highest BCUT2D eigenvalue weighted by Gasteiger charge is 2.15. The van der Waals surface area contributed by atoms with Crippen molar-refractivity contribution in [3.8, 4) is 0 Å². The van der Waals surface area contributed by atoms with E-state index in [0.717, 1.165) is 4.47 Å². The Kier molecular flexibility index (Phi) is 5.03. The van der Waals surface area contributed by atoms with E-state index in [9.17, 15) is 8.42 Å². The number of nitrogens with two attached hydrogens (primary N) is 1. The first kappa shape index (κ1) is 16.4. The topological polar surface area (TPSA) is 72.2 Å². The van der Waals surface area contributed by atoms with E-state index in [2.05, 4.69) is 36.6 Å². The number of halogens is 2. The van der Waals surface area contributed by atoms with Crippen molar-refractivity contribution in [1.29, 1.82) is 0 Å². The van der Waals surface area contributed by atoms with Crippen molar-refractivity contribution in [3.63, 3.8) is 0 Å². The van der Waals surface area contributed by atoms with Gasteiger partial charge in [0, 0.05) is 14.5 Å². The Labute approximate surface area is 145 Å². The monoisotopic (exact) mass is 448 g/mol. The van der Waals surface area contributed by atoms with Crippen molar-refractivity contribution in [2.75, 3.05) is 4.72 Å². The van der Waals surface area contributed by atoms with Crippen LogP contribution in [-0.2, 0) is 10.0 Å². The van der Waals surface area contributed by atoms with E-state index in [0.29, 0.717) is 15.7 Å². The van der Waals surface area contributed by atoms with E-state index in [-0.39, 0.29) is 9.88 Å². The molecule has 0 saturated carbocycles. The van der Waals surface area contributed by atoms with Crippen LogP contribution in [0, 0.1) is 0 Å². The summed E-state index contributed by atoms with van der Waals surface area (Å²) >= 11 is 11.4. The molecule has 0 saturated heterocycles. The van der Waals surface area contributed by atoms with E-state index in [1.165, 1.54) is 12.1 Å². The molecule has 0 aliphatic rings. The molecule has 0 aliphatic heterocycles. The summed E-state index contributed by atoms with van der Waals surface area (Å²) in [6.07, 6.45) is 0. The first-order valence-electron chi connectivity index (χ1n) is 5.67. The summed E-state index contributed by atoms with van der Waals surface area (Å²) in [7, 11) is -3.65. The number of hydrogen-bond acceptors (Lipinski definition) is 3. The fourth-order valence-electron chi connectivity index (χ4n) is 1.57. The van der Waals surface area contributed by atoms with Crippen LogP contribution in [0.2, 0.25) is 0 Å². The first-order valence-corrected chi connectivity index (χ1v) is 9.15. The third-order valence-corrected chi connectivity index (χ3v) is 5.42. The minimum Gasteiger partial charge on any atom is -0.389 e. The normalized spacial score (nSPS) is 11.1. The Hall–Kier alpha value is -0.960. The van der Waals surface area contributed by atoms with Gasteiger partial charge in [0.05, 0.1) is 10.6 Å². The third kappa shape index (κ3) is 4.03. The lowest BCUT2D eigenvalue weighted by atomic mass is 10.2. The van der Waals surface area contributed by atoms with Gasteiger partial charge in [-0.05, 0) is 58.4 Å². The number of sulfonamides is 1. The fraction of sp³-hybridized carbons (Fsp3) is 0. The largest absolute Gasteiger partial charge is 0.389 e. The molecule has 3 N–H and O–H groups in total. The molecule has 0 spiro atoms. The van der Waals surface area contributed by atoms with E-state index in [1.807, 2.05) is 0 Å². The standard InChI is InChI=1S/C13H10Br2N2O2S2/c14-9-2-4-10(5-3-9)21(18,19)17-12-6-1-8(13(16)20)7-11(12)15/h1-7,17H,(H2,16,20). The molecule has 0 unspecified atom stereocenters. The lowest BCUT2D eigenvalue weighted by Crippen LogP contribution is -2.14. The molecule has 0 aliphatic carbocycles. The van der Waals surface area contributed by atoms with Gasteiger partial charge in [-0.1, -0.05) is 28.1 Å². The van der Waals surface area contributed by atoms with Gasteiger partial charge >= 0.3 is 0 Å². The summed E-state index contributed by atoms with van der Waals surface area (Å²) in [5, 5.41) is 0. The Balaban J connectivity index is 2.32. The second kappa shape index (κ2) is 6.43. The molecule has 0 amide bonds. The zero-order valence-corrected chi connectivity index (χ0v) is 15.3. The van der Waals surface area contributed by atoms with Crippen LogP contribution in [-0.4, -0.2) is 13.4 Å². The molecule has 0 radical (unpaired) electrons. The zero-order chi connectivity index (χ0) is 15.6. The van der Waals surface area contributed by atoms with Crippen LogP contribution in [0.1, 0.15) is 5.56 Å². The number of hydrogen-bond donors (Lipinski definition) is 2. The second-order valence-corrected chi connectivity index (χ2v) is 8.01. The molecule has 0 heterocycles. The molecule has 0 bridgehead atoms. The molecule has 0 atom stereocenters. The predicted molar refractivity (Wildman–Crippen MR) is 95.0 cm³/mol. The van der Waals surface area contributed by atoms with Gasteiger partial charge in [0.2, 0.25) is 0 Å². The van der Waals surface area contributed by atoms with Gasteiger partial charge in [-0.25, -0.2) is 8.42 Å². The van der Waals surface area contributed by atoms with Crippen LogP contribution < -0.4 is 10.5 Å². The molecule has 0 aromatic heterocycles. The highest BCUT2D eigenvalue weighted by atomic mass is 79.9. The molecular weight excluding hydrogens is 440 g/mol. The van der Waals surface area contributed by atoms with E-state index in [1.54, 1.807) is 30.3 Å². The van der Waals surface area contributed by atoms with Crippen LogP contribution in [0.25, 0.3) is 0 Å². The van der Waals surface area contributed by atoms with Gasteiger partial charge in [0.15, 0.2) is 0 Å². The third-order valence-electron chi connectivity index (χ3n) is 2.62. The van der Waals surface area contributed by atoms with Crippen LogP contribution in [0.4, 0.5) is 5.69 Å². The average Bonchev–Trinajstić information content (AvgIpc) is 2.41.